The maximum absolute atomic E-state index is 12.4. The summed E-state index contributed by atoms with van der Waals surface area (Å²) in [5, 5.41) is 10.6. The highest BCUT2D eigenvalue weighted by atomic mass is 16.3. The highest BCUT2D eigenvalue weighted by Gasteiger charge is 2.62. The average molecular weight is 278 g/mol. The van der Waals surface area contributed by atoms with Gasteiger partial charge in [0.05, 0.1) is 6.10 Å². The van der Waals surface area contributed by atoms with Crippen LogP contribution >= 0.6 is 0 Å². The lowest BCUT2D eigenvalue weighted by atomic mass is 9.40. The van der Waals surface area contributed by atoms with Crippen LogP contribution in [-0.4, -0.2) is 17.0 Å². The van der Waals surface area contributed by atoms with Crippen LogP contribution in [0, 0.1) is 28.1 Å². The second kappa shape index (κ2) is 4.32. The topological polar surface area (TPSA) is 37.3 Å². The molecule has 0 saturated heterocycles. The van der Waals surface area contributed by atoms with E-state index < -0.39 is 0 Å². The molecule has 20 heavy (non-hydrogen) atoms. The number of carbonyl (C=O) groups is 1. The molecule has 3 aliphatic rings. The molecule has 5 atom stereocenters. The number of ketones is 1. The van der Waals surface area contributed by atoms with E-state index in [1.807, 2.05) is 0 Å². The molecular weight excluding hydrogens is 248 g/mol. The Bertz CT molecular complexity index is 427. The molecule has 0 unspecified atom stereocenters. The van der Waals surface area contributed by atoms with Gasteiger partial charge in [0.15, 0.2) is 0 Å². The van der Waals surface area contributed by atoms with E-state index in [9.17, 15) is 9.90 Å². The lowest BCUT2D eigenvalue weighted by Gasteiger charge is -2.64. The number of Topliss-reactive ketones (excluding diaryl/α,β-unsaturated/α-hetero) is 1. The molecule has 0 aromatic rings. The first kappa shape index (κ1) is 14.6. The zero-order valence-corrected chi connectivity index (χ0v) is 13.5. The molecule has 3 fully saturated rings. The minimum Gasteiger partial charge on any atom is -0.393 e. The zero-order valence-electron chi connectivity index (χ0n) is 13.5. The van der Waals surface area contributed by atoms with Gasteiger partial charge in [-0.05, 0) is 54.8 Å². The Hall–Kier alpha value is -0.370. The summed E-state index contributed by atoms with van der Waals surface area (Å²) in [6.45, 7) is 9.07. The van der Waals surface area contributed by atoms with Gasteiger partial charge in [-0.25, -0.2) is 0 Å². The van der Waals surface area contributed by atoms with Gasteiger partial charge in [-0.15, -0.1) is 0 Å². The van der Waals surface area contributed by atoms with Gasteiger partial charge < -0.3 is 5.11 Å². The largest absolute Gasteiger partial charge is 0.393 e. The van der Waals surface area contributed by atoms with Crippen LogP contribution in [0.4, 0.5) is 0 Å². The van der Waals surface area contributed by atoms with Crippen LogP contribution in [0.5, 0.6) is 0 Å². The Morgan fingerprint density at radius 3 is 2.35 bits per heavy atom. The summed E-state index contributed by atoms with van der Waals surface area (Å²) in [6, 6.07) is 0. The zero-order chi connectivity index (χ0) is 14.8. The Labute approximate surface area is 123 Å². The van der Waals surface area contributed by atoms with Crippen molar-refractivity contribution in [2.75, 3.05) is 0 Å². The molecule has 0 aliphatic heterocycles. The molecule has 0 heterocycles. The van der Waals surface area contributed by atoms with Crippen LogP contribution in [0.1, 0.15) is 72.6 Å². The molecule has 0 bridgehead atoms. The van der Waals surface area contributed by atoms with Crippen molar-refractivity contribution < 1.29 is 9.90 Å². The number of hydrogen-bond acceptors (Lipinski definition) is 2. The molecule has 114 valence electrons. The molecule has 3 aliphatic carbocycles. The van der Waals surface area contributed by atoms with Crippen molar-refractivity contribution in [2.45, 2.75) is 78.7 Å². The van der Waals surface area contributed by atoms with Gasteiger partial charge in [-0.3, -0.25) is 4.79 Å². The summed E-state index contributed by atoms with van der Waals surface area (Å²) in [7, 11) is 0. The third-order valence-corrected chi connectivity index (χ3v) is 7.57. The summed E-state index contributed by atoms with van der Waals surface area (Å²) in [5.41, 5.74) is 0.155. The molecule has 0 amide bonds. The number of rotatable bonds is 0. The van der Waals surface area contributed by atoms with Crippen LogP contribution in [0.25, 0.3) is 0 Å². The lowest BCUT2D eigenvalue weighted by Crippen LogP contribution is -2.60. The molecule has 3 rings (SSSR count). The van der Waals surface area contributed by atoms with E-state index in [0.717, 1.165) is 38.5 Å². The number of aliphatic hydroxyl groups is 1. The van der Waals surface area contributed by atoms with Gasteiger partial charge >= 0.3 is 0 Å². The van der Waals surface area contributed by atoms with E-state index in [2.05, 4.69) is 27.7 Å². The van der Waals surface area contributed by atoms with E-state index >= 15 is 0 Å². The van der Waals surface area contributed by atoms with E-state index in [0.29, 0.717) is 17.6 Å². The SMILES string of the molecule is CC1(C)C(=O)CC[C@]2(C)[C@H]3CCC[C@@H](O)[C@]3(C)CC[C@@H]12. The van der Waals surface area contributed by atoms with Crippen LogP contribution in [0.3, 0.4) is 0 Å². The predicted octanol–water partition coefficient (Wildman–Crippen LogP) is 3.96. The maximum Gasteiger partial charge on any atom is 0.138 e. The van der Waals surface area contributed by atoms with Crippen molar-refractivity contribution in [1.82, 2.24) is 0 Å². The molecule has 0 radical (unpaired) electrons. The summed E-state index contributed by atoms with van der Waals surface area (Å²) >= 11 is 0. The van der Waals surface area contributed by atoms with Crippen LogP contribution in [0.15, 0.2) is 0 Å². The van der Waals surface area contributed by atoms with Crippen LogP contribution in [-0.2, 0) is 4.79 Å². The predicted molar refractivity (Wildman–Crippen MR) is 80.3 cm³/mol. The van der Waals surface area contributed by atoms with Crippen molar-refractivity contribution in [3.63, 3.8) is 0 Å². The van der Waals surface area contributed by atoms with Crippen LogP contribution in [0.2, 0.25) is 0 Å². The first-order chi connectivity index (χ1) is 9.23. The quantitative estimate of drug-likeness (QED) is 0.728. The third-order valence-electron chi connectivity index (χ3n) is 7.57. The number of fused-ring (bicyclic) bond motifs is 3. The van der Waals surface area contributed by atoms with Gasteiger partial charge in [0, 0.05) is 11.8 Å². The van der Waals surface area contributed by atoms with E-state index in [1.54, 1.807) is 0 Å². The van der Waals surface area contributed by atoms with E-state index in [-0.39, 0.29) is 22.3 Å². The summed E-state index contributed by atoms with van der Waals surface area (Å²) < 4.78 is 0. The van der Waals surface area contributed by atoms with Crippen molar-refractivity contribution in [3.8, 4) is 0 Å². The minimum atomic E-state index is -0.170. The molecule has 0 aromatic carbocycles. The highest BCUT2D eigenvalue weighted by molar-refractivity contribution is 5.85. The van der Waals surface area contributed by atoms with Crippen LogP contribution < -0.4 is 0 Å². The van der Waals surface area contributed by atoms with E-state index in [1.165, 1.54) is 6.42 Å². The van der Waals surface area contributed by atoms with Gasteiger partial charge in [0.1, 0.15) is 5.78 Å². The Balaban J connectivity index is 2.01. The fraction of sp³-hybridized carbons (Fsp3) is 0.944. The van der Waals surface area contributed by atoms with Crippen molar-refractivity contribution in [2.24, 2.45) is 28.1 Å². The fourth-order valence-corrected chi connectivity index (χ4v) is 6.29. The molecule has 2 nitrogen and oxygen atoms in total. The average Bonchev–Trinajstić information content (AvgIpc) is 2.37. The molecule has 2 heteroatoms. The second-order valence-electron chi connectivity index (χ2n) is 8.75. The lowest BCUT2D eigenvalue weighted by molar-refractivity contribution is -0.185. The van der Waals surface area contributed by atoms with Crippen molar-refractivity contribution >= 4 is 5.78 Å². The smallest absolute Gasteiger partial charge is 0.138 e. The standard InChI is InChI=1S/C18H30O2/c1-16(2)12-8-10-18(4)13(6-5-7-15(18)20)17(12,3)11-9-14(16)19/h12-13,15,20H,5-11H2,1-4H3/t12-,13+,15+,17-,18+/m0/s1. The van der Waals surface area contributed by atoms with Gasteiger partial charge in [0.25, 0.3) is 0 Å². The fourth-order valence-electron chi connectivity index (χ4n) is 6.29. The van der Waals surface area contributed by atoms with Crippen molar-refractivity contribution in [3.05, 3.63) is 0 Å². The van der Waals surface area contributed by atoms with Gasteiger partial charge in [0.2, 0.25) is 0 Å². The maximum atomic E-state index is 12.4. The number of aliphatic hydroxyl groups excluding tert-OH is 1. The van der Waals surface area contributed by atoms with Gasteiger partial charge in [-0.1, -0.05) is 34.1 Å². The van der Waals surface area contributed by atoms with E-state index in [4.69, 9.17) is 0 Å². The minimum absolute atomic E-state index is 0.0833. The van der Waals surface area contributed by atoms with Crippen molar-refractivity contribution in [1.29, 1.82) is 0 Å². The first-order valence-electron chi connectivity index (χ1n) is 8.44. The summed E-state index contributed by atoms with van der Waals surface area (Å²) in [5.74, 6) is 1.55. The Morgan fingerprint density at radius 1 is 0.950 bits per heavy atom. The highest BCUT2D eigenvalue weighted by Crippen LogP contribution is 2.66. The number of carbonyl (C=O) groups excluding carboxylic acids is 1. The summed E-state index contributed by atoms with van der Waals surface area (Å²) in [6.07, 6.45) is 7.20. The Kier molecular flexibility index (Phi) is 3.14. The normalized spacial score (nSPS) is 51.2. The summed E-state index contributed by atoms with van der Waals surface area (Å²) in [4.78, 5) is 12.4. The molecule has 0 aromatic heterocycles. The second-order valence-corrected chi connectivity index (χ2v) is 8.75. The molecule has 1 N–H and O–H groups in total. The molecule has 0 spiro atoms. The van der Waals surface area contributed by atoms with Gasteiger partial charge in [-0.2, -0.15) is 0 Å². The monoisotopic (exact) mass is 278 g/mol. The number of hydrogen-bond donors (Lipinski definition) is 1. The molecule has 3 saturated carbocycles. The Morgan fingerprint density at radius 2 is 1.65 bits per heavy atom. The molecular formula is C18H30O2. The first-order valence-corrected chi connectivity index (χ1v) is 8.44. The third kappa shape index (κ3) is 1.70.